The molecule has 28 nitrogen and oxygen atoms in total. The molecule has 0 aromatic heterocycles. The zero-order valence-corrected chi connectivity index (χ0v) is 52.5. The number of guanidine groups is 3. The van der Waals surface area contributed by atoms with Gasteiger partial charge in [0, 0.05) is 51.7 Å². The topological polar surface area (TPSA) is 472 Å². The highest BCUT2D eigenvalue weighted by molar-refractivity contribution is 6.04. The van der Waals surface area contributed by atoms with Crippen LogP contribution in [-0.2, 0) is 56.1 Å². The van der Waals surface area contributed by atoms with E-state index in [1.165, 1.54) is 108 Å². The van der Waals surface area contributed by atoms with Gasteiger partial charge in [-0.05, 0) is 134 Å². The van der Waals surface area contributed by atoms with Crippen molar-refractivity contribution in [2.24, 2.45) is 49.4 Å². The number of carboxylic acids is 1. The van der Waals surface area contributed by atoms with Crippen LogP contribution in [0.1, 0.15) is 115 Å². The molecule has 0 saturated heterocycles. The van der Waals surface area contributed by atoms with Crippen LogP contribution in [0.25, 0.3) is 0 Å². The Kier molecular flexibility index (Phi) is 28.1. The van der Waals surface area contributed by atoms with E-state index in [0.717, 1.165) is 0 Å². The van der Waals surface area contributed by atoms with E-state index in [2.05, 4.69) is 36.2 Å². The number of ketones is 4. The van der Waals surface area contributed by atoms with Gasteiger partial charge in [-0.1, -0.05) is 36.4 Å². The van der Waals surface area contributed by atoms with E-state index in [4.69, 9.17) is 53.3 Å². The Balaban J connectivity index is 1.38. The summed E-state index contributed by atoms with van der Waals surface area (Å²) in [6.07, 6.45) is -0.118. The number of aliphatic imine (C=N–C) groups is 3. The number of ether oxygens (including phenoxy) is 4. The number of aliphatic carboxylic acids is 1. The van der Waals surface area contributed by atoms with Crippen molar-refractivity contribution in [1.82, 2.24) is 21.3 Å². The van der Waals surface area contributed by atoms with Gasteiger partial charge < -0.3 is 84.8 Å². The number of nitrogens with two attached hydrogens (primary N) is 6. The van der Waals surface area contributed by atoms with Gasteiger partial charge in [-0.2, -0.15) is 0 Å². The van der Waals surface area contributed by atoms with Crippen molar-refractivity contribution >= 4 is 70.6 Å². The minimum absolute atomic E-state index is 0.0234. The Bertz CT molecular complexity index is 3600. The number of nitrogens with one attached hydrogen (secondary N) is 4. The minimum atomic E-state index is -1.39. The number of phenols is 1. The lowest BCUT2D eigenvalue weighted by Crippen LogP contribution is -2.43. The number of carboxylic acid groups (broad SMARTS) is 1. The second-order valence-electron chi connectivity index (χ2n) is 21.6. The number of hydrogen-bond donors (Lipinski definition) is 12. The lowest BCUT2D eigenvalue weighted by Gasteiger charge is -2.21. The lowest BCUT2D eigenvalue weighted by molar-refractivity contribution is -0.139. The number of nitrogens with zero attached hydrogens (tertiary/aromatic N) is 3. The molecular formula is C65H81N13O15. The van der Waals surface area contributed by atoms with E-state index in [1.807, 2.05) is 0 Å². The van der Waals surface area contributed by atoms with Gasteiger partial charge in [0.15, 0.2) is 35.2 Å². The van der Waals surface area contributed by atoms with Gasteiger partial charge in [-0.15, -0.1) is 0 Å². The quantitative estimate of drug-likeness (QED) is 0.0152. The normalized spacial score (nSPS) is 12.0. The second-order valence-corrected chi connectivity index (χ2v) is 21.6. The number of amides is 4. The number of benzene rings is 5. The van der Waals surface area contributed by atoms with Crippen LogP contribution in [0.5, 0.6) is 28.7 Å². The van der Waals surface area contributed by atoms with Crippen LogP contribution >= 0.6 is 0 Å². The first-order valence-electron chi connectivity index (χ1n) is 29.5. The molecule has 0 fully saturated rings. The molecule has 0 spiro atoms. The van der Waals surface area contributed by atoms with Crippen molar-refractivity contribution in [1.29, 1.82) is 0 Å². The summed E-state index contributed by atoms with van der Waals surface area (Å²) in [5.74, 6) is -5.99. The molecule has 4 amide bonds. The summed E-state index contributed by atoms with van der Waals surface area (Å²) in [6, 6.07) is 19.0. The first-order chi connectivity index (χ1) is 44.3. The van der Waals surface area contributed by atoms with Gasteiger partial charge in [0.1, 0.15) is 40.6 Å². The van der Waals surface area contributed by atoms with Gasteiger partial charge in [0.25, 0.3) is 23.6 Å². The van der Waals surface area contributed by atoms with Crippen molar-refractivity contribution in [3.63, 3.8) is 0 Å². The molecule has 5 aromatic carbocycles. The number of carbonyl (C=O) groups excluding carboxylic acids is 8. The number of rotatable bonds is 38. The maximum absolute atomic E-state index is 14.5. The van der Waals surface area contributed by atoms with Crippen molar-refractivity contribution in [2.75, 3.05) is 48.1 Å². The van der Waals surface area contributed by atoms with Crippen LogP contribution < -0.4 is 74.6 Å². The largest absolute Gasteiger partial charge is 0.508 e. The fraction of sp³-hybridized carbons (Fsp3) is 0.354. The maximum atomic E-state index is 14.5. The Morgan fingerprint density at radius 1 is 0.409 bits per heavy atom. The molecule has 28 heteroatoms. The Labute approximate surface area is 537 Å². The summed E-state index contributed by atoms with van der Waals surface area (Å²) in [4.78, 5) is 136. The van der Waals surface area contributed by atoms with Crippen LogP contribution in [0.2, 0.25) is 0 Å². The fourth-order valence-electron chi connectivity index (χ4n) is 9.89. The molecule has 0 aliphatic heterocycles. The van der Waals surface area contributed by atoms with Gasteiger partial charge in [0.05, 0.1) is 68.8 Å². The fourth-order valence-corrected chi connectivity index (χ4v) is 9.89. The van der Waals surface area contributed by atoms with E-state index in [0.29, 0.717) is 27.8 Å². The molecule has 0 saturated carbocycles. The number of hydrogen-bond acceptors (Lipinski definition) is 17. The predicted molar refractivity (Wildman–Crippen MR) is 347 cm³/mol. The number of methoxy groups -OCH3 is 4. The van der Waals surface area contributed by atoms with Crippen molar-refractivity contribution in [2.45, 2.75) is 102 Å². The second kappa shape index (κ2) is 36.0. The highest BCUT2D eigenvalue weighted by atomic mass is 16.5. The minimum Gasteiger partial charge on any atom is -0.508 e. The SMILES string of the molecule is COc1ccc(CC(=O)[C@H](CCCN=C(N)N)NC(=O)c2cc(CC(=O)[C@H](CCCN=C(N)N)NC(=O)c3cc(CC(=O)[C@H](CCCN=C(N)N)NC(=O)c4cc(CC(C)=O)ccc4OC)ccc3OC)ccc2OC)cc1C(=O)N[C@@H](Cc1ccc(O)cc1)C(=O)O. The molecule has 18 N–H and O–H groups in total. The number of carbonyl (C=O) groups is 9. The van der Waals surface area contributed by atoms with E-state index in [9.17, 15) is 53.4 Å². The van der Waals surface area contributed by atoms with Gasteiger partial charge in [0.2, 0.25) is 0 Å². The van der Waals surface area contributed by atoms with Crippen LogP contribution in [0.3, 0.4) is 0 Å². The maximum Gasteiger partial charge on any atom is 0.326 e. The first kappa shape index (κ1) is 72.7. The van der Waals surface area contributed by atoms with Crippen LogP contribution in [0.15, 0.2) is 112 Å². The lowest BCUT2D eigenvalue weighted by atomic mass is 9.96. The smallest absolute Gasteiger partial charge is 0.326 e. The third-order valence-corrected chi connectivity index (χ3v) is 14.5. The molecular weight excluding hydrogens is 1200 g/mol. The number of phenolic OH excluding ortho intramolecular Hbond substituents is 1. The zero-order valence-electron chi connectivity index (χ0n) is 52.5. The Morgan fingerprint density at radius 3 is 0.935 bits per heavy atom. The highest BCUT2D eigenvalue weighted by Crippen LogP contribution is 2.27. The summed E-state index contributed by atoms with van der Waals surface area (Å²) in [6.45, 7) is 1.75. The molecule has 0 unspecified atom stereocenters. The van der Waals surface area contributed by atoms with Gasteiger partial charge in [-0.25, -0.2) is 4.79 Å². The van der Waals surface area contributed by atoms with Crippen molar-refractivity contribution in [3.05, 3.63) is 147 Å². The number of Topliss-reactive ketones (excluding diaryl/α,β-unsaturated/α-hetero) is 4. The summed E-state index contributed by atoms with van der Waals surface area (Å²) in [7, 11) is 5.36. The molecule has 496 valence electrons. The molecule has 0 bridgehead atoms. The molecule has 0 heterocycles. The standard InChI is InChI=1S/C65H81N13O15/c1-36(79)27-38-14-20-54(90-2)43(28-38)58(84)75-47(9-6-24-72-63(66)67)51(81)33-39-15-21-55(91-3)44(29-39)59(85)76-48(10-7-25-73-64(68)69)52(82)34-40-16-22-56(92-4)45(30-40)60(86)77-49(11-8-26-74-65(70)71)53(83)35-41-17-23-57(93-5)46(31-41)61(87)78-50(62(88)89)32-37-12-18-42(80)19-13-37/h12-23,28-31,47-50,80H,6-11,24-27,32-35H2,1-5H3,(H,75,84)(H,76,85)(H,77,86)(H,78,87)(H,88,89)(H4,66,67,72)(H4,68,69,73)(H4,70,71,74)/t47-,48-,49-,50-/m0/s1. The van der Waals surface area contributed by atoms with Gasteiger partial charge >= 0.3 is 5.97 Å². The summed E-state index contributed by atoms with van der Waals surface area (Å²) in [5.41, 5.74) is 35.4. The molecule has 0 aliphatic carbocycles. The Morgan fingerprint density at radius 2 is 0.677 bits per heavy atom. The van der Waals surface area contributed by atoms with Crippen LogP contribution in [0, 0.1) is 0 Å². The van der Waals surface area contributed by atoms with Crippen molar-refractivity contribution < 1.29 is 72.3 Å². The Hall–Kier alpha value is -11.1. The summed E-state index contributed by atoms with van der Waals surface area (Å²) >= 11 is 0. The van der Waals surface area contributed by atoms with Gasteiger partial charge in [-0.3, -0.25) is 53.3 Å². The van der Waals surface area contributed by atoms with E-state index in [1.54, 1.807) is 24.3 Å². The predicted octanol–water partition coefficient (Wildman–Crippen LogP) is 1.88. The van der Waals surface area contributed by atoms with Crippen LogP contribution in [-0.4, -0.2) is 153 Å². The average Bonchev–Trinajstić information content (AvgIpc) is 0.877. The third-order valence-electron chi connectivity index (χ3n) is 14.5. The van der Waals surface area contributed by atoms with Crippen molar-refractivity contribution in [3.8, 4) is 28.7 Å². The van der Waals surface area contributed by atoms with E-state index < -0.39 is 71.1 Å². The molecule has 93 heavy (non-hydrogen) atoms. The summed E-state index contributed by atoms with van der Waals surface area (Å²) < 4.78 is 22.0. The number of aromatic hydroxyl groups is 1. The first-order valence-corrected chi connectivity index (χ1v) is 29.5. The molecule has 0 aliphatic rings. The third kappa shape index (κ3) is 23.0. The van der Waals surface area contributed by atoms with E-state index in [-0.39, 0.29) is 165 Å². The zero-order chi connectivity index (χ0) is 68.3. The monoisotopic (exact) mass is 1280 g/mol. The summed E-state index contributed by atoms with van der Waals surface area (Å²) in [5, 5.41) is 30.6. The van der Waals surface area contributed by atoms with Crippen LogP contribution in [0.4, 0.5) is 0 Å². The molecule has 4 atom stereocenters. The highest BCUT2D eigenvalue weighted by Gasteiger charge is 2.30. The molecule has 5 aromatic rings. The average molecular weight is 1280 g/mol. The molecule has 0 radical (unpaired) electrons. The molecule has 5 rings (SSSR count). The van der Waals surface area contributed by atoms with E-state index >= 15 is 0 Å².